The quantitative estimate of drug-likeness (QED) is 0.336. The Kier molecular flexibility index (Phi) is 8.10. The van der Waals surface area contributed by atoms with Gasteiger partial charge in [-0.1, -0.05) is 0 Å². The van der Waals surface area contributed by atoms with Crippen LogP contribution in [-0.2, 0) is 16.4 Å². The summed E-state index contributed by atoms with van der Waals surface area (Å²) < 4.78 is 32.9. The van der Waals surface area contributed by atoms with E-state index in [2.05, 4.69) is 49.0 Å². The summed E-state index contributed by atoms with van der Waals surface area (Å²) in [6.07, 6.45) is 10.2. The fourth-order valence-corrected chi connectivity index (χ4v) is 6.78. The number of hydrogen-bond acceptors (Lipinski definition) is 10. The van der Waals surface area contributed by atoms with Crippen molar-refractivity contribution in [3.63, 3.8) is 0 Å². The number of nitrogens with one attached hydrogen (secondary N) is 2. The van der Waals surface area contributed by atoms with Crippen LogP contribution >= 0.6 is 11.3 Å². The van der Waals surface area contributed by atoms with Gasteiger partial charge in [0.1, 0.15) is 5.69 Å². The Labute approximate surface area is 232 Å². The summed E-state index contributed by atoms with van der Waals surface area (Å²) in [6, 6.07) is 3.70. The molecule has 39 heavy (non-hydrogen) atoms. The van der Waals surface area contributed by atoms with Gasteiger partial charge in [-0.25, -0.2) is 18.4 Å². The molecule has 3 aromatic heterocycles. The van der Waals surface area contributed by atoms with E-state index < -0.39 is 10.0 Å². The molecule has 2 N–H and O–H groups in total. The first-order valence-corrected chi connectivity index (χ1v) is 15.4. The van der Waals surface area contributed by atoms with Gasteiger partial charge < -0.3 is 15.0 Å². The van der Waals surface area contributed by atoms with E-state index >= 15 is 0 Å². The SMILES string of the molecule is CCOc1cncc(-c2cnc(C(=O)N[C@H](Cc3cc(NS(=O)(=O)C4CC4)ccn3)[C@H]3C[C@H](N(C)C)C3)s2)n1. The lowest BCUT2D eigenvalue weighted by molar-refractivity contribution is 0.0764. The molecule has 0 bridgehead atoms. The van der Waals surface area contributed by atoms with E-state index in [0.29, 0.717) is 59.9 Å². The number of nitrogens with zero attached hydrogens (tertiary/aromatic N) is 5. The molecule has 11 nitrogen and oxygen atoms in total. The summed E-state index contributed by atoms with van der Waals surface area (Å²) in [6.45, 7) is 2.36. The van der Waals surface area contributed by atoms with E-state index in [1.54, 1.807) is 36.9 Å². The van der Waals surface area contributed by atoms with Crippen LogP contribution in [0.4, 0.5) is 5.69 Å². The number of amides is 1. The van der Waals surface area contributed by atoms with Crippen molar-refractivity contribution in [3.05, 3.63) is 47.6 Å². The third-order valence-electron chi connectivity index (χ3n) is 7.09. The van der Waals surface area contributed by atoms with Crippen LogP contribution in [0.2, 0.25) is 0 Å². The van der Waals surface area contributed by atoms with Crippen molar-refractivity contribution in [2.24, 2.45) is 5.92 Å². The average molecular weight is 572 g/mol. The summed E-state index contributed by atoms with van der Waals surface area (Å²) >= 11 is 1.25. The Morgan fingerprint density at radius 1 is 1.21 bits per heavy atom. The van der Waals surface area contributed by atoms with Crippen molar-refractivity contribution in [3.8, 4) is 16.5 Å². The molecule has 13 heteroatoms. The van der Waals surface area contributed by atoms with Gasteiger partial charge in [-0.15, -0.1) is 11.3 Å². The van der Waals surface area contributed by atoms with E-state index in [0.717, 1.165) is 17.7 Å². The second-order valence-corrected chi connectivity index (χ2v) is 13.2. The maximum absolute atomic E-state index is 13.3. The maximum atomic E-state index is 13.3. The summed E-state index contributed by atoms with van der Waals surface area (Å²) in [5.41, 5.74) is 1.81. The van der Waals surface area contributed by atoms with E-state index in [4.69, 9.17) is 4.74 Å². The highest BCUT2D eigenvalue weighted by molar-refractivity contribution is 7.93. The van der Waals surface area contributed by atoms with Crippen molar-refractivity contribution in [1.29, 1.82) is 0 Å². The summed E-state index contributed by atoms with van der Waals surface area (Å²) in [5, 5.41) is 3.21. The lowest BCUT2D eigenvalue weighted by Gasteiger charge is -2.43. The predicted octanol–water partition coefficient (Wildman–Crippen LogP) is 2.98. The van der Waals surface area contributed by atoms with Crippen molar-refractivity contribution in [1.82, 2.24) is 30.2 Å². The smallest absolute Gasteiger partial charge is 0.280 e. The van der Waals surface area contributed by atoms with Gasteiger partial charge in [0, 0.05) is 36.6 Å². The highest BCUT2D eigenvalue weighted by Gasteiger charge is 2.38. The molecule has 0 unspecified atom stereocenters. The third kappa shape index (κ3) is 6.71. The second-order valence-electron chi connectivity index (χ2n) is 10.2. The van der Waals surface area contributed by atoms with Crippen LogP contribution in [0.15, 0.2) is 36.9 Å². The van der Waals surface area contributed by atoms with Crippen LogP contribution in [0.1, 0.15) is 48.1 Å². The van der Waals surface area contributed by atoms with Gasteiger partial charge in [0.05, 0.1) is 34.8 Å². The van der Waals surface area contributed by atoms with Crippen LogP contribution in [0.3, 0.4) is 0 Å². The molecule has 2 fully saturated rings. The van der Waals surface area contributed by atoms with Crippen molar-refractivity contribution >= 4 is 33.0 Å². The molecule has 0 saturated heterocycles. The molecule has 1 atom stereocenters. The normalized spacial score (nSPS) is 19.8. The lowest BCUT2D eigenvalue weighted by atomic mass is 9.73. The van der Waals surface area contributed by atoms with E-state index in [-0.39, 0.29) is 23.1 Å². The molecule has 2 aliphatic rings. The van der Waals surface area contributed by atoms with Gasteiger partial charge >= 0.3 is 0 Å². The van der Waals surface area contributed by atoms with Crippen molar-refractivity contribution in [2.45, 2.75) is 56.4 Å². The van der Waals surface area contributed by atoms with Gasteiger partial charge in [0.15, 0.2) is 5.01 Å². The maximum Gasteiger partial charge on any atom is 0.280 e. The van der Waals surface area contributed by atoms with Crippen molar-refractivity contribution < 1.29 is 17.9 Å². The van der Waals surface area contributed by atoms with Crippen LogP contribution < -0.4 is 14.8 Å². The Balaban J connectivity index is 1.30. The van der Waals surface area contributed by atoms with E-state index in [1.165, 1.54) is 11.3 Å². The molecule has 208 valence electrons. The standard InChI is InChI=1S/C26H33N7O4S2/c1-4-37-24-15-27-13-22(30-24)23-14-29-26(38-23)25(34)31-21(16-9-19(10-16)33(2)3)12-18-11-17(7-8-28-18)32-39(35,36)20-5-6-20/h7-8,11,13-16,19-21H,4-6,9-10,12H2,1-3H3,(H,28,32)(H,31,34)/t16-,19-,21-/m1/s1. The minimum Gasteiger partial charge on any atom is -0.477 e. The first-order valence-electron chi connectivity index (χ1n) is 13.1. The van der Waals surface area contributed by atoms with Crippen LogP contribution in [0, 0.1) is 5.92 Å². The predicted molar refractivity (Wildman–Crippen MR) is 149 cm³/mol. The molecule has 0 spiro atoms. The number of pyridine rings is 1. The summed E-state index contributed by atoms with van der Waals surface area (Å²) in [7, 11) is 0.752. The average Bonchev–Trinajstić information content (AvgIpc) is 3.61. The number of thiazole rings is 1. The van der Waals surface area contributed by atoms with Gasteiger partial charge in [0.2, 0.25) is 15.9 Å². The second kappa shape index (κ2) is 11.5. The summed E-state index contributed by atoms with van der Waals surface area (Å²) in [5.74, 6) is 0.427. The number of ether oxygens (including phenoxy) is 1. The monoisotopic (exact) mass is 571 g/mol. The van der Waals surface area contributed by atoms with Crippen LogP contribution in [0.5, 0.6) is 5.88 Å². The molecule has 1 amide bonds. The number of hydrogen-bond donors (Lipinski definition) is 2. The van der Waals surface area contributed by atoms with E-state index in [1.807, 2.05) is 6.92 Å². The largest absolute Gasteiger partial charge is 0.477 e. The molecule has 5 rings (SSSR count). The molecular weight excluding hydrogens is 538 g/mol. The Morgan fingerprint density at radius 3 is 2.72 bits per heavy atom. The minimum atomic E-state index is -3.37. The number of aromatic nitrogens is 4. The zero-order valence-electron chi connectivity index (χ0n) is 22.2. The van der Waals surface area contributed by atoms with E-state index in [9.17, 15) is 13.2 Å². The molecule has 2 aliphatic carbocycles. The summed E-state index contributed by atoms with van der Waals surface area (Å²) in [4.78, 5) is 33.7. The lowest BCUT2D eigenvalue weighted by Crippen LogP contribution is -2.51. The van der Waals surface area contributed by atoms with Crippen LogP contribution in [-0.4, -0.2) is 77.2 Å². The number of sulfonamides is 1. The Hall–Kier alpha value is -3.16. The topological polar surface area (TPSA) is 139 Å². The zero-order valence-corrected chi connectivity index (χ0v) is 23.8. The molecule has 0 aliphatic heterocycles. The molecule has 0 radical (unpaired) electrons. The Morgan fingerprint density at radius 2 is 2.00 bits per heavy atom. The number of rotatable bonds is 12. The van der Waals surface area contributed by atoms with Gasteiger partial charge in [0.25, 0.3) is 5.91 Å². The fraction of sp³-hybridized carbons (Fsp3) is 0.500. The minimum absolute atomic E-state index is 0.176. The number of carbonyl (C=O) groups excluding carboxylic acids is 1. The fourth-order valence-electron chi connectivity index (χ4n) is 4.63. The van der Waals surface area contributed by atoms with Gasteiger partial charge in [-0.05, 0) is 64.8 Å². The number of anilines is 1. The van der Waals surface area contributed by atoms with Crippen molar-refractivity contribution in [2.75, 3.05) is 25.4 Å². The highest BCUT2D eigenvalue weighted by atomic mass is 32.2. The molecule has 3 aromatic rings. The molecular formula is C26H33N7O4S2. The number of carbonyl (C=O) groups is 1. The molecule has 0 aromatic carbocycles. The zero-order chi connectivity index (χ0) is 27.6. The first kappa shape index (κ1) is 27.4. The first-order chi connectivity index (χ1) is 18.7. The highest BCUT2D eigenvalue weighted by Crippen LogP contribution is 2.35. The molecule has 2 saturated carbocycles. The van der Waals surface area contributed by atoms with Gasteiger partial charge in [-0.2, -0.15) is 0 Å². The van der Waals surface area contributed by atoms with Crippen LogP contribution in [0.25, 0.3) is 10.6 Å². The Bertz CT molecular complexity index is 1420. The third-order valence-corrected chi connectivity index (χ3v) is 9.98. The molecule has 3 heterocycles. The van der Waals surface area contributed by atoms with Gasteiger partial charge in [-0.3, -0.25) is 19.5 Å².